The molecule has 0 radical (unpaired) electrons. The minimum atomic E-state index is 0.312. The summed E-state index contributed by atoms with van der Waals surface area (Å²) in [6, 6.07) is 0.506. The van der Waals surface area contributed by atoms with Gasteiger partial charge < -0.3 is 10.6 Å². The quantitative estimate of drug-likeness (QED) is 0.813. The summed E-state index contributed by atoms with van der Waals surface area (Å²) >= 11 is 0. The van der Waals surface area contributed by atoms with Crippen LogP contribution in [-0.2, 0) is 4.79 Å². The van der Waals surface area contributed by atoms with Crippen LogP contribution >= 0.6 is 0 Å². The lowest BCUT2D eigenvalue weighted by Gasteiger charge is -2.32. The average Bonchev–Trinajstić information content (AvgIpc) is 2.71. The van der Waals surface area contributed by atoms with Gasteiger partial charge in [0.15, 0.2) is 0 Å². The fourth-order valence-electron chi connectivity index (χ4n) is 3.14. The Morgan fingerprint density at radius 2 is 1.94 bits per heavy atom. The molecule has 104 valence electrons. The molecule has 0 spiro atoms. The van der Waals surface area contributed by atoms with E-state index in [-0.39, 0.29) is 0 Å². The van der Waals surface area contributed by atoms with Crippen LogP contribution in [0.15, 0.2) is 0 Å². The van der Waals surface area contributed by atoms with Gasteiger partial charge in [0, 0.05) is 25.7 Å². The molecule has 0 bridgehead atoms. The standard InChI is InChI=1S/C14H27N3O/c1-11-3-5-16(6-4-11)14(18)10-17-9-13(8-15)7-12(17)2/h11-13H,3-10,15H2,1-2H3. The largest absolute Gasteiger partial charge is 0.342 e. The van der Waals surface area contributed by atoms with Crippen LogP contribution in [0, 0.1) is 11.8 Å². The van der Waals surface area contributed by atoms with E-state index in [0.29, 0.717) is 24.4 Å². The number of hydrogen-bond donors (Lipinski definition) is 1. The molecule has 1 amide bonds. The number of piperidine rings is 1. The van der Waals surface area contributed by atoms with Crippen LogP contribution in [0.5, 0.6) is 0 Å². The second-order valence-electron chi connectivity index (χ2n) is 6.18. The lowest BCUT2D eigenvalue weighted by molar-refractivity contribution is -0.133. The molecule has 2 aliphatic heterocycles. The first-order chi connectivity index (χ1) is 8.60. The third-order valence-corrected chi connectivity index (χ3v) is 4.60. The van der Waals surface area contributed by atoms with Crippen LogP contribution in [0.1, 0.15) is 33.1 Å². The average molecular weight is 253 g/mol. The SMILES string of the molecule is CC1CCN(C(=O)CN2CC(CN)CC2C)CC1. The highest BCUT2D eigenvalue weighted by molar-refractivity contribution is 5.78. The smallest absolute Gasteiger partial charge is 0.236 e. The molecule has 2 aliphatic rings. The minimum absolute atomic E-state index is 0.312. The second-order valence-corrected chi connectivity index (χ2v) is 6.18. The first-order valence-electron chi connectivity index (χ1n) is 7.32. The molecule has 18 heavy (non-hydrogen) atoms. The van der Waals surface area contributed by atoms with Gasteiger partial charge in [0.1, 0.15) is 0 Å². The van der Waals surface area contributed by atoms with Crippen LogP contribution in [-0.4, -0.2) is 54.5 Å². The van der Waals surface area contributed by atoms with Gasteiger partial charge >= 0.3 is 0 Å². The molecule has 2 saturated heterocycles. The van der Waals surface area contributed by atoms with Crippen molar-refractivity contribution in [2.75, 3.05) is 32.7 Å². The number of amides is 1. The van der Waals surface area contributed by atoms with Crippen molar-refractivity contribution in [1.82, 2.24) is 9.80 Å². The monoisotopic (exact) mass is 253 g/mol. The van der Waals surface area contributed by atoms with Crippen molar-refractivity contribution >= 4 is 5.91 Å². The Balaban J connectivity index is 1.80. The first-order valence-corrected chi connectivity index (χ1v) is 7.32. The molecular formula is C14H27N3O. The van der Waals surface area contributed by atoms with Crippen LogP contribution in [0.25, 0.3) is 0 Å². The van der Waals surface area contributed by atoms with E-state index in [4.69, 9.17) is 5.73 Å². The van der Waals surface area contributed by atoms with Crippen molar-refractivity contribution in [3.05, 3.63) is 0 Å². The lowest BCUT2D eigenvalue weighted by Crippen LogP contribution is -2.44. The van der Waals surface area contributed by atoms with Gasteiger partial charge in [-0.2, -0.15) is 0 Å². The van der Waals surface area contributed by atoms with Crippen LogP contribution in [0.4, 0.5) is 0 Å². The molecule has 0 aromatic rings. The molecule has 4 nitrogen and oxygen atoms in total. The van der Waals surface area contributed by atoms with Gasteiger partial charge in [-0.15, -0.1) is 0 Å². The normalized spacial score (nSPS) is 30.9. The highest BCUT2D eigenvalue weighted by Crippen LogP contribution is 2.22. The Bertz CT molecular complexity index is 287. The number of hydrogen-bond acceptors (Lipinski definition) is 3. The molecular weight excluding hydrogens is 226 g/mol. The molecule has 0 aliphatic carbocycles. The van der Waals surface area contributed by atoms with Gasteiger partial charge in [0.25, 0.3) is 0 Å². The summed E-state index contributed by atoms with van der Waals surface area (Å²) in [4.78, 5) is 16.6. The van der Waals surface area contributed by atoms with Gasteiger partial charge in [-0.25, -0.2) is 0 Å². The molecule has 4 heteroatoms. The summed E-state index contributed by atoms with van der Waals surface area (Å²) in [7, 11) is 0. The van der Waals surface area contributed by atoms with Crippen LogP contribution < -0.4 is 5.73 Å². The molecule has 2 N–H and O–H groups in total. The fraction of sp³-hybridized carbons (Fsp3) is 0.929. The maximum atomic E-state index is 12.3. The van der Waals surface area contributed by atoms with E-state index < -0.39 is 0 Å². The summed E-state index contributed by atoms with van der Waals surface area (Å²) in [5.74, 6) is 1.67. The topological polar surface area (TPSA) is 49.6 Å². The number of carbonyl (C=O) groups is 1. The predicted octanol–water partition coefficient (Wildman–Crippen LogP) is 0.914. The number of nitrogens with zero attached hydrogens (tertiary/aromatic N) is 2. The maximum Gasteiger partial charge on any atom is 0.236 e. The molecule has 2 heterocycles. The Morgan fingerprint density at radius 1 is 1.28 bits per heavy atom. The number of rotatable bonds is 3. The van der Waals surface area contributed by atoms with Gasteiger partial charge in [-0.05, 0) is 44.6 Å². The summed E-state index contributed by atoms with van der Waals surface area (Å²) in [6.45, 7) is 8.71. The molecule has 2 fully saturated rings. The highest BCUT2D eigenvalue weighted by atomic mass is 16.2. The van der Waals surface area contributed by atoms with E-state index in [1.165, 1.54) is 0 Å². The van der Waals surface area contributed by atoms with Crippen molar-refractivity contribution < 1.29 is 4.79 Å². The van der Waals surface area contributed by atoms with Crippen molar-refractivity contribution in [2.45, 2.75) is 39.2 Å². The van der Waals surface area contributed by atoms with Crippen molar-refractivity contribution in [3.63, 3.8) is 0 Å². The first kappa shape index (κ1) is 13.8. The third kappa shape index (κ3) is 3.23. The van der Waals surface area contributed by atoms with Gasteiger partial charge in [-0.3, -0.25) is 9.69 Å². The molecule has 2 unspecified atom stereocenters. The summed E-state index contributed by atoms with van der Waals surface area (Å²) in [6.07, 6.45) is 3.46. The summed E-state index contributed by atoms with van der Waals surface area (Å²) in [5.41, 5.74) is 5.73. The third-order valence-electron chi connectivity index (χ3n) is 4.60. The molecule has 0 saturated carbocycles. The van der Waals surface area contributed by atoms with Crippen LogP contribution in [0.2, 0.25) is 0 Å². The fourth-order valence-corrected chi connectivity index (χ4v) is 3.14. The Morgan fingerprint density at radius 3 is 2.50 bits per heavy atom. The number of likely N-dealkylation sites (tertiary alicyclic amines) is 2. The number of carbonyl (C=O) groups excluding carboxylic acids is 1. The molecule has 0 aromatic carbocycles. The summed E-state index contributed by atoms with van der Waals surface area (Å²) < 4.78 is 0. The highest BCUT2D eigenvalue weighted by Gasteiger charge is 2.31. The van der Waals surface area contributed by atoms with Gasteiger partial charge in [-0.1, -0.05) is 6.92 Å². The van der Waals surface area contributed by atoms with Gasteiger partial charge in [0.05, 0.1) is 6.54 Å². The van der Waals surface area contributed by atoms with Crippen LogP contribution in [0.3, 0.4) is 0 Å². The zero-order valence-electron chi connectivity index (χ0n) is 11.8. The predicted molar refractivity (Wildman–Crippen MR) is 73.2 cm³/mol. The Kier molecular flexibility index (Phi) is 4.62. The zero-order chi connectivity index (χ0) is 13.1. The maximum absolute atomic E-state index is 12.3. The number of nitrogens with two attached hydrogens (primary N) is 1. The Labute approximate surface area is 110 Å². The van der Waals surface area contributed by atoms with Crippen molar-refractivity contribution in [1.29, 1.82) is 0 Å². The van der Waals surface area contributed by atoms with Gasteiger partial charge in [0.2, 0.25) is 5.91 Å². The Hall–Kier alpha value is -0.610. The van der Waals surface area contributed by atoms with E-state index in [0.717, 1.165) is 51.4 Å². The van der Waals surface area contributed by atoms with Crippen molar-refractivity contribution in [2.24, 2.45) is 17.6 Å². The van der Waals surface area contributed by atoms with E-state index in [9.17, 15) is 4.79 Å². The van der Waals surface area contributed by atoms with E-state index in [1.54, 1.807) is 0 Å². The molecule has 0 aromatic heterocycles. The van der Waals surface area contributed by atoms with E-state index >= 15 is 0 Å². The molecule has 2 rings (SSSR count). The van der Waals surface area contributed by atoms with Crippen molar-refractivity contribution in [3.8, 4) is 0 Å². The summed E-state index contributed by atoms with van der Waals surface area (Å²) in [5, 5.41) is 0. The molecule has 2 atom stereocenters. The lowest BCUT2D eigenvalue weighted by atomic mass is 9.99. The second kappa shape index (κ2) is 6.02. The van der Waals surface area contributed by atoms with E-state index in [1.807, 2.05) is 4.90 Å². The minimum Gasteiger partial charge on any atom is -0.342 e. The van der Waals surface area contributed by atoms with E-state index in [2.05, 4.69) is 18.7 Å². The zero-order valence-corrected chi connectivity index (χ0v) is 11.8.